The van der Waals surface area contributed by atoms with Crippen LogP contribution in [0.3, 0.4) is 0 Å². The van der Waals surface area contributed by atoms with E-state index in [2.05, 4.69) is 10.3 Å². The Morgan fingerprint density at radius 3 is 2.83 bits per heavy atom. The second-order valence-corrected chi connectivity index (χ2v) is 4.71. The van der Waals surface area contributed by atoms with Crippen molar-refractivity contribution in [1.29, 1.82) is 0 Å². The Kier molecular flexibility index (Phi) is 3.19. The van der Waals surface area contributed by atoms with Gasteiger partial charge in [-0.1, -0.05) is 12.1 Å². The normalized spacial score (nSPS) is 26.8. The minimum atomic E-state index is 0.0632. The molecule has 0 radical (unpaired) electrons. The molecular formula is C14H18N2O2. The number of hydrogen-bond donors (Lipinski definition) is 1. The first-order valence-corrected chi connectivity index (χ1v) is 6.45. The van der Waals surface area contributed by atoms with Gasteiger partial charge in [-0.05, 0) is 37.1 Å². The molecule has 1 aromatic carbocycles. The van der Waals surface area contributed by atoms with E-state index in [0.717, 1.165) is 36.7 Å². The predicted molar refractivity (Wildman–Crippen MR) is 70.1 cm³/mol. The van der Waals surface area contributed by atoms with E-state index in [1.165, 1.54) is 6.42 Å². The molecule has 0 aromatic heterocycles. The monoisotopic (exact) mass is 246 g/mol. The van der Waals surface area contributed by atoms with E-state index in [1.54, 1.807) is 7.11 Å². The van der Waals surface area contributed by atoms with Gasteiger partial charge in [-0.15, -0.1) is 0 Å². The molecule has 18 heavy (non-hydrogen) atoms. The number of hydrogen-bond acceptors (Lipinski definition) is 4. The van der Waals surface area contributed by atoms with Gasteiger partial charge < -0.3 is 14.8 Å². The molecule has 4 heteroatoms. The minimum Gasteiger partial charge on any atom is -0.497 e. The van der Waals surface area contributed by atoms with Crippen molar-refractivity contribution < 1.29 is 9.47 Å². The molecule has 1 N–H and O–H groups in total. The number of benzene rings is 1. The van der Waals surface area contributed by atoms with Crippen LogP contribution in [0.1, 0.15) is 24.5 Å². The van der Waals surface area contributed by atoms with Crippen LogP contribution in [0.15, 0.2) is 29.3 Å². The lowest BCUT2D eigenvalue weighted by atomic mass is 10.1. The second-order valence-electron chi connectivity index (χ2n) is 4.71. The Labute approximate surface area is 107 Å². The fourth-order valence-corrected chi connectivity index (χ4v) is 2.47. The first kappa shape index (κ1) is 11.5. The van der Waals surface area contributed by atoms with Crippen LogP contribution in [0, 0.1) is 0 Å². The largest absolute Gasteiger partial charge is 0.497 e. The number of rotatable bonds is 3. The minimum absolute atomic E-state index is 0.0632. The molecule has 2 unspecified atom stereocenters. The quantitative estimate of drug-likeness (QED) is 0.886. The van der Waals surface area contributed by atoms with Gasteiger partial charge in [0, 0.05) is 0 Å². The highest BCUT2D eigenvalue weighted by Crippen LogP contribution is 2.26. The maximum absolute atomic E-state index is 5.95. The summed E-state index contributed by atoms with van der Waals surface area (Å²) in [6.07, 6.45) is 2.40. The summed E-state index contributed by atoms with van der Waals surface area (Å²) in [4.78, 5) is 4.52. The summed E-state index contributed by atoms with van der Waals surface area (Å²) in [5.74, 6) is 1.75. The van der Waals surface area contributed by atoms with Crippen LogP contribution in [-0.2, 0) is 4.74 Å². The zero-order valence-electron chi connectivity index (χ0n) is 10.6. The molecule has 3 rings (SSSR count). The Bertz CT molecular complexity index is 436. The molecule has 0 saturated carbocycles. The first-order chi connectivity index (χ1) is 8.86. The lowest BCUT2D eigenvalue weighted by Gasteiger charge is -2.15. The number of methoxy groups -OCH3 is 1. The molecular weight excluding hydrogens is 228 g/mol. The summed E-state index contributed by atoms with van der Waals surface area (Å²) >= 11 is 0. The fraction of sp³-hybridized carbons (Fsp3) is 0.500. The van der Waals surface area contributed by atoms with Crippen LogP contribution in [0.5, 0.6) is 5.75 Å². The molecule has 1 saturated heterocycles. The lowest BCUT2D eigenvalue weighted by molar-refractivity contribution is 0.219. The lowest BCUT2D eigenvalue weighted by Crippen LogP contribution is -2.31. The molecule has 0 aliphatic carbocycles. The van der Waals surface area contributed by atoms with E-state index in [0.29, 0.717) is 6.04 Å². The van der Waals surface area contributed by atoms with E-state index >= 15 is 0 Å². The Morgan fingerprint density at radius 1 is 1.33 bits per heavy atom. The summed E-state index contributed by atoms with van der Waals surface area (Å²) in [5, 5.41) is 3.41. The summed E-state index contributed by atoms with van der Waals surface area (Å²) < 4.78 is 11.1. The maximum atomic E-state index is 5.95. The van der Waals surface area contributed by atoms with E-state index in [4.69, 9.17) is 9.47 Å². The van der Waals surface area contributed by atoms with Gasteiger partial charge in [-0.2, -0.15) is 0 Å². The van der Waals surface area contributed by atoms with Gasteiger partial charge in [0.1, 0.15) is 11.9 Å². The number of nitrogens with one attached hydrogen (secondary N) is 1. The third-order valence-corrected chi connectivity index (χ3v) is 3.52. The van der Waals surface area contributed by atoms with Gasteiger partial charge in [0.2, 0.25) is 5.90 Å². The molecule has 96 valence electrons. The van der Waals surface area contributed by atoms with Crippen molar-refractivity contribution in [3.8, 4) is 5.75 Å². The number of nitrogens with zero attached hydrogens (tertiary/aromatic N) is 1. The van der Waals surface area contributed by atoms with E-state index in [-0.39, 0.29) is 6.10 Å². The van der Waals surface area contributed by atoms with Crippen molar-refractivity contribution in [3.63, 3.8) is 0 Å². The van der Waals surface area contributed by atoms with Gasteiger partial charge in [0.25, 0.3) is 0 Å². The third kappa shape index (κ3) is 2.20. The molecule has 4 nitrogen and oxygen atoms in total. The Hall–Kier alpha value is -1.55. The number of aliphatic imine (C=N–C) groups is 1. The highest BCUT2D eigenvalue weighted by atomic mass is 16.5. The zero-order valence-corrected chi connectivity index (χ0v) is 10.6. The van der Waals surface area contributed by atoms with Gasteiger partial charge in [0.05, 0.1) is 19.7 Å². The smallest absolute Gasteiger partial charge is 0.201 e. The van der Waals surface area contributed by atoms with E-state index in [9.17, 15) is 0 Å². The third-order valence-electron chi connectivity index (χ3n) is 3.52. The molecule has 2 heterocycles. The molecule has 1 aromatic rings. The van der Waals surface area contributed by atoms with Crippen molar-refractivity contribution in [2.75, 3.05) is 20.2 Å². The number of ether oxygens (including phenoxy) is 2. The van der Waals surface area contributed by atoms with Crippen LogP contribution < -0.4 is 10.1 Å². The Morgan fingerprint density at radius 2 is 2.17 bits per heavy atom. The second kappa shape index (κ2) is 4.98. The molecule has 0 spiro atoms. The fourth-order valence-electron chi connectivity index (χ4n) is 2.47. The zero-order chi connectivity index (χ0) is 12.4. The molecule has 2 aliphatic heterocycles. The van der Waals surface area contributed by atoms with Crippen LogP contribution in [0.2, 0.25) is 0 Å². The molecule has 0 amide bonds. The molecule has 1 fully saturated rings. The van der Waals surface area contributed by atoms with E-state index in [1.807, 2.05) is 24.3 Å². The highest BCUT2D eigenvalue weighted by molar-refractivity contribution is 5.83. The Balaban J connectivity index is 1.65. The van der Waals surface area contributed by atoms with Crippen molar-refractivity contribution in [2.45, 2.75) is 25.0 Å². The van der Waals surface area contributed by atoms with Crippen molar-refractivity contribution in [1.82, 2.24) is 5.32 Å². The van der Waals surface area contributed by atoms with Crippen LogP contribution >= 0.6 is 0 Å². The van der Waals surface area contributed by atoms with Crippen molar-refractivity contribution in [2.24, 2.45) is 4.99 Å². The SMILES string of the molecule is COc1ccc(C2CN=C(C3CCCN3)O2)cc1. The van der Waals surface area contributed by atoms with Gasteiger partial charge in [0.15, 0.2) is 0 Å². The summed E-state index contributed by atoms with van der Waals surface area (Å²) in [6.45, 7) is 1.79. The van der Waals surface area contributed by atoms with Gasteiger partial charge >= 0.3 is 0 Å². The van der Waals surface area contributed by atoms with Crippen molar-refractivity contribution >= 4 is 5.90 Å². The van der Waals surface area contributed by atoms with Crippen LogP contribution in [0.4, 0.5) is 0 Å². The van der Waals surface area contributed by atoms with Crippen LogP contribution in [-0.4, -0.2) is 32.1 Å². The summed E-state index contributed by atoms with van der Waals surface area (Å²) in [7, 11) is 1.67. The molecule has 0 bridgehead atoms. The average Bonchev–Trinajstić information content (AvgIpc) is 3.09. The summed E-state index contributed by atoms with van der Waals surface area (Å²) in [6, 6.07) is 8.34. The first-order valence-electron chi connectivity index (χ1n) is 6.45. The molecule has 2 atom stereocenters. The van der Waals surface area contributed by atoms with Gasteiger partial charge in [-0.25, -0.2) is 4.99 Å². The topological polar surface area (TPSA) is 42.8 Å². The summed E-state index contributed by atoms with van der Waals surface area (Å²) in [5.41, 5.74) is 1.16. The highest BCUT2D eigenvalue weighted by Gasteiger charge is 2.29. The predicted octanol–water partition coefficient (Wildman–Crippen LogP) is 1.92. The van der Waals surface area contributed by atoms with Crippen molar-refractivity contribution in [3.05, 3.63) is 29.8 Å². The van der Waals surface area contributed by atoms with Gasteiger partial charge in [-0.3, -0.25) is 0 Å². The standard InChI is InChI=1S/C14H18N2O2/c1-17-11-6-4-10(5-7-11)13-9-16-14(18-13)12-3-2-8-15-12/h4-7,12-13,15H,2-3,8-9H2,1H3. The van der Waals surface area contributed by atoms with Crippen LogP contribution in [0.25, 0.3) is 0 Å². The maximum Gasteiger partial charge on any atom is 0.201 e. The van der Waals surface area contributed by atoms with E-state index < -0.39 is 0 Å². The molecule has 2 aliphatic rings. The average molecular weight is 246 g/mol.